The fourth-order valence-electron chi connectivity index (χ4n) is 1.35. The summed E-state index contributed by atoms with van der Waals surface area (Å²) >= 11 is 5.59. The van der Waals surface area contributed by atoms with Gasteiger partial charge in [-0.1, -0.05) is 0 Å². The summed E-state index contributed by atoms with van der Waals surface area (Å²) in [5.41, 5.74) is -0.276. The summed E-state index contributed by atoms with van der Waals surface area (Å²) < 4.78 is 4.76. The molecule has 0 radical (unpaired) electrons. The number of H-pyrrole nitrogens is 1. The smallest absolute Gasteiger partial charge is 0.343 e. The number of hydrogen-bond donors (Lipinski definition) is 1. The predicted molar refractivity (Wildman–Crippen MR) is 61.1 cm³/mol. The van der Waals surface area contributed by atoms with Crippen LogP contribution in [0.3, 0.4) is 0 Å². The van der Waals surface area contributed by atoms with Crippen LogP contribution in [0.2, 0.25) is 5.28 Å². The third-order valence-corrected chi connectivity index (χ3v) is 2.28. The number of rotatable bonds is 2. The number of fused-ring (bicyclic) bond motifs is 1. The molecule has 2 aromatic rings. The topological polar surface area (TPSA) is 84.9 Å². The van der Waals surface area contributed by atoms with Crippen molar-refractivity contribution in [3.05, 3.63) is 33.5 Å². The number of hydrogen-bond acceptors (Lipinski definition) is 5. The summed E-state index contributed by atoms with van der Waals surface area (Å²) in [6.07, 6.45) is 2.53. The van der Waals surface area contributed by atoms with Crippen LogP contribution >= 0.6 is 11.6 Å². The Bertz CT molecular complexity index is 638. The number of nitrogens with zero attached hydrogens (tertiary/aromatic N) is 2. The Balaban J connectivity index is 2.62. The molecule has 0 aliphatic heterocycles. The molecule has 2 aromatic heterocycles. The highest BCUT2D eigenvalue weighted by Gasteiger charge is 2.14. The normalized spacial score (nSPS) is 10.5. The molecule has 0 fully saturated rings. The van der Waals surface area contributed by atoms with Crippen molar-refractivity contribution in [2.45, 2.75) is 6.92 Å². The Hall–Kier alpha value is -1.95. The minimum absolute atomic E-state index is 0.0250. The second-order valence-corrected chi connectivity index (χ2v) is 3.49. The van der Waals surface area contributed by atoms with E-state index in [4.69, 9.17) is 16.3 Å². The zero-order valence-corrected chi connectivity index (χ0v) is 9.61. The number of aromatic amines is 1. The monoisotopic (exact) mass is 253 g/mol. The Kier molecular flexibility index (Phi) is 3.06. The van der Waals surface area contributed by atoms with Crippen LogP contribution in [0.1, 0.15) is 17.3 Å². The van der Waals surface area contributed by atoms with Crippen LogP contribution in [0.4, 0.5) is 0 Å². The van der Waals surface area contributed by atoms with Gasteiger partial charge >= 0.3 is 5.97 Å². The van der Waals surface area contributed by atoms with Crippen molar-refractivity contribution in [2.75, 3.05) is 6.61 Å². The zero-order valence-electron chi connectivity index (χ0n) is 8.86. The highest BCUT2D eigenvalue weighted by molar-refractivity contribution is 6.28. The molecular formula is C10H8ClN3O3. The maximum absolute atomic E-state index is 11.9. The van der Waals surface area contributed by atoms with Crippen LogP contribution in [-0.2, 0) is 4.74 Å². The number of ether oxygens (including phenoxy) is 1. The lowest BCUT2D eigenvalue weighted by atomic mass is 10.2. The Morgan fingerprint density at radius 3 is 3.06 bits per heavy atom. The lowest BCUT2D eigenvalue weighted by molar-refractivity contribution is 0.0524. The number of halogens is 1. The molecule has 1 N–H and O–H groups in total. The number of carbonyl (C=O) groups excluding carboxylic acids is 1. The van der Waals surface area contributed by atoms with E-state index in [0.29, 0.717) is 0 Å². The first-order valence-electron chi connectivity index (χ1n) is 4.84. The predicted octanol–water partition coefficient (Wildman–Crippen LogP) is 1.15. The average Bonchev–Trinajstić information content (AvgIpc) is 2.29. The molecule has 0 bridgehead atoms. The Morgan fingerprint density at radius 1 is 1.59 bits per heavy atom. The van der Waals surface area contributed by atoms with E-state index in [2.05, 4.69) is 15.0 Å². The Labute approximate surface area is 101 Å². The molecule has 7 heteroatoms. The molecular weight excluding hydrogens is 246 g/mol. The van der Waals surface area contributed by atoms with E-state index in [9.17, 15) is 9.59 Å². The molecule has 0 saturated heterocycles. The van der Waals surface area contributed by atoms with Gasteiger partial charge in [-0.25, -0.2) is 9.78 Å². The molecule has 0 aliphatic carbocycles. The van der Waals surface area contributed by atoms with E-state index in [-0.39, 0.29) is 28.5 Å². The van der Waals surface area contributed by atoms with Gasteiger partial charge in [-0.05, 0) is 18.5 Å². The SMILES string of the molecule is CCOC(=O)c1c[nH]c2nc(Cl)ncc2c1=O. The highest BCUT2D eigenvalue weighted by Crippen LogP contribution is 2.07. The number of carbonyl (C=O) groups is 1. The van der Waals surface area contributed by atoms with E-state index in [0.717, 1.165) is 0 Å². The van der Waals surface area contributed by atoms with Gasteiger partial charge in [0.1, 0.15) is 11.2 Å². The lowest BCUT2D eigenvalue weighted by Gasteiger charge is -2.02. The van der Waals surface area contributed by atoms with Crippen molar-refractivity contribution >= 4 is 28.6 Å². The average molecular weight is 254 g/mol. The largest absolute Gasteiger partial charge is 0.462 e. The van der Waals surface area contributed by atoms with Gasteiger partial charge in [0.05, 0.1) is 12.0 Å². The van der Waals surface area contributed by atoms with Gasteiger partial charge in [-0.2, -0.15) is 4.98 Å². The molecule has 88 valence electrons. The molecule has 0 atom stereocenters. The van der Waals surface area contributed by atoms with Crippen molar-refractivity contribution in [3.8, 4) is 0 Å². The third kappa shape index (κ3) is 2.12. The number of nitrogens with one attached hydrogen (secondary N) is 1. The molecule has 0 saturated carbocycles. The maximum Gasteiger partial charge on any atom is 0.343 e. The summed E-state index contributed by atoms with van der Waals surface area (Å²) in [6, 6.07) is 0. The molecule has 0 spiro atoms. The fraction of sp³-hybridized carbons (Fsp3) is 0.200. The van der Waals surface area contributed by atoms with Gasteiger partial charge < -0.3 is 9.72 Å². The van der Waals surface area contributed by atoms with E-state index < -0.39 is 11.4 Å². The van der Waals surface area contributed by atoms with Crippen LogP contribution in [0.25, 0.3) is 11.0 Å². The van der Waals surface area contributed by atoms with Crippen molar-refractivity contribution in [3.63, 3.8) is 0 Å². The molecule has 2 rings (SSSR count). The minimum Gasteiger partial charge on any atom is -0.462 e. The second kappa shape index (κ2) is 4.50. The van der Waals surface area contributed by atoms with Crippen LogP contribution in [0.15, 0.2) is 17.2 Å². The summed E-state index contributed by atoms with van der Waals surface area (Å²) in [5.74, 6) is -0.675. The number of aromatic nitrogens is 3. The van der Waals surface area contributed by atoms with E-state index in [1.807, 2.05) is 0 Å². The molecule has 17 heavy (non-hydrogen) atoms. The second-order valence-electron chi connectivity index (χ2n) is 3.15. The first kappa shape index (κ1) is 11.5. The molecule has 2 heterocycles. The quantitative estimate of drug-likeness (QED) is 0.641. The Morgan fingerprint density at radius 2 is 2.35 bits per heavy atom. The van der Waals surface area contributed by atoms with Gasteiger partial charge in [-0.15, -0.1) is 0 Å². The zero-order chi connectivity index (χ0) is 12.4. The summed E-state index contributed by atoms with van der Waals surface area (Å²) in [4.78, 5) is 33.6. The van der Waals surface area contributed by atoms with Gasteiger partial charge in [0, 0.05) is 12.4 Å². The molecule has 0 unspecified atom stereocenters. The maximum atomic E-state index is 11.9. The van der Waals surface area contributed by atoms with Gasteiger partial charge in [0.25, 0.3) is 0 Å². The van der Waals surface area contributed by atoms with E-state index in [1.165, 1.54) is 12.4 Å². The standard InChI is InChI=1S/C10H8ClN3O3/c1-2-17-9(16)6-4-12-8-5(7(6)15)3-13-10(11)14-8/h3-4H,2H2,1H3,(H,12,13,14,15). The van der Waals surface area contributed by atoms with E-state index >= 15 is 0 Å². The highest BCUT2D eigenvalue weighted by atomic mass is 35.5. The van der Waals surface area contributed by atoms with Crippen molar-refractivity contribution < 1.29 is 9.53 Å². The minimum atomic E-state index is -0.675. The molecule has 6 nitrogen and oxygen atoms in total. The molecule has 0 aromatic carbocycles. The van der Waals surface area contributed by atoms with Crippen LogP contribution in [0.5, 0.6) is 0 Å². The van der Waals surface area contributed by atoms with Crippen LogP contribution in [-0.4, -0.2) is 27.5 Å². The first-order chi connectivity index (χ1) is 8.13. The summed E-state index contributed by atoms with van der Waals surface area (Å²) in [7, 11) is 0. The lowest BCUT2D eigenvalue weighted by Crippen LogP contribution is -2.18. The number of pyridine rings is 1. The van der Waals surface area contributed by atoms with Gasteiger partial charge in [-0.3, -0.25) is 4.79 Å². The summed E-state index contributed by atoms with van der Waals surface area (Å²) in [5, 5.41) is 0.219. The summed E-state index contributed by atoms with van der Waals surface area (Å²) in [6.45, 7) is 1.86. The molecule has 0 amide bonds. The van der Waals surface area contributed by atoms with Crippen molar-refractivity contribution in [2.24, 2.45) is 0 Å². The van der Waals surface area contributed by atoms with Crippen molar-refractivity contribution in [1.29, 1.82) is 0 Å². The third-order valence-electron chi connectivity index (χ3n) is 2.10. The van der Waals surface area contributed by atoms with Crippen LogP contribution < -0.4 is 5.43 Å². The van der Waals surface area contributed by atoms with E-state index in [1.54, 1.807) is 6.92 Å². The van der Waals surface area contributed by atoms with Gasteiger partial charge in [0.2, 0.25) is 10.7 Å². The fourth-order valence-corrected chi connectivity index (χ4v) is 1.48. The van der Waals surface area contributed by atoms with Crippen LogP contribution in [0, 0.1) is 0 Å². The van der Waals surface area contributed by atoms with Crippen molar-refractivity contribution in [1.82, 2.24) is 15.0 Å². The number of esters is 1. The first-order valence-corrected chi connectivity index (χ1v) is 5.22. The van der Waals surface area contributed by atoms with Gasteiger partial charge in [0.15, 0.2) is 0 Å². The molecule has 0 aliphatic rings.